The monoisotopic (exact) mass is 590 g/mol. The molecule has 3 aromatic carbocycles. The van der Waals surface area contributed by atoms with E-state index in [2.05, 4.69) is 5.32 Å². The summed E-state index contributed by atoms with van der Waals surface area (Å²) in [7, 11) is 0. The molecule has 1 fully saturated rings. The van der Waals surface area contributed by atoms with Crippen LogP contribution in [0.5, 0.6) is 11.5 Å². The number of para-hydroxylation sites is 1. The van der Waals surface area contributed by atoms with E-state index in [1.54, 1.807) is 48.7 Å². The number of nitrogens with one attached hydrogen (secondary N) is 1. The molecule has 3 heterocycles. The van der Waals surface area contributed by atoms with Gasteiger partial charge >= 0.3 is 0 Å². The van der Waals surface area contributed by atoms with Crippen LogP contribution in [0.4, 0.5) is 5.69 Å². The lowest BCUT2D eigenvalue weighted by Crippen LogP contribution is -2.54. The normalized spacial score (nSPS) is 14.4. The summed E-state index contributed by atoms with van der Waals surface area (Å²) in [5.74, 6) is -0.131. The number of carbonyl (C=O) groups is 2. The second-order valence-corrected chi connectivity index (χ2v) is 10.8. The van der Waals surface area contributed by atoms with Crippen molar-refractivity contribution in [1.29, 1.82) is 0 Å². The van der Waals surface area contributed by atoms with Gasteiger partial charge in [-0.1, -0.05) is 53.7 Å². The zero-order valence-corrected chi connectivity index (χ0v) is 23.8. The van der Waals surface area contributed by atoms with Crippen LogP contribution in [0.2, 0.25) is 0 Å². The van der Waals surface area contributed by atoms with Crippen LogP contribution >= 0.6 is 24.0 Å². The summed E-state index contributed by atoms with van der Waals surface area (Å²) in [6, 6.07) is 29.0. The predicted molar refractivity (Wildman–Crippen MR) is 166 cm³/mol. The molecule has 1 saturated heterocycles. The SMILES string of the molecule is Cc1ccc(Sc2nc3ccccn3c(=O)c2C=C2C(=O)NC(=S)N(c3ccc(Oc4ccccc4)cc3)C2=O)cc1. The van der Waals surface area contributed by atoms with Crippen LogP contribution in [-0.2, 0) is 9.59 Å². The van der Waals surface area contributed by atoms with Crippen molar-refractivity contribution < 1.29 is 14.3 Å². The van der Waals surface area contributed by atoms with Gasteiger partial charge in [0.25, 0.3) is 17.4 Å². The Kier molecular flexibility index (Phi) is 7.39. The first kappa shape index (κ1) is 27.1. The number of ether oxygens (including phenoxy) is 1. The number of anilines is 1. The van der Waals surface area contributed by atoms with Crippen LogP contribution in [0, 0.1) is 6.92 Å². The lowest BCUT2D eigenvalue weighted by atomic mass is 10.1. The number of thiocarbonyl (C=S) groups is 1. The van der Waals surface area contributed by atoms with Gasteiger partial charge in [-0.2, -0.15) is 0 Å². The zero-order chi connectivity index (χ0) is 29.2. The fourth-order valence-corrected chi connectivity index (χ4v) is 5.50. The van der Waals surface area contributed by atoms with Crippen molar-refractivity contribution in [1.82, 2.24) is 14.7 Å². The summed E-state index contributed by atoms with van der Waals surface area (Å²) in [6.45, 7) is 1.98. The number of pyridine rings is 1. The van der Waals surface area contributed by atoms with Gasteiger partial charge in [0.2, 0.25) is 0 Å². The Morgan fingerprint density at radius 3 is 2.29 bits per heavy atom. The highest BCUT2D eigenvalue weighted by molar-refractivity contribution is 7.99. The number of aromatic nitrogens is 2. The fourth-order valence-electron chi connectivity index (χ4n) is 4.33. The second-order valence-electron chi connectivity index (χ2n) is 9.35. The fraction of sp³-hybridized carbons (Fsp3) is 0.0312. The van der Waals surface area contributed by atoms with Crippen LogP contribution in [0.25, 0.3) is 11.7 Å². The quantitative estimate of drug-likeness (QED) is 0.116. The van der Waals surface area contributed by atoms with E-state index >= 15 is 0 Å². The lowest BCUT2D eigenvalue weighted by Gasteiger charge is -2.29. The van der Waals surface area contributed by atoms with Crippen LogP contribution in [0.3, 0.4) is 0 Å². The minimum absolute atomic E-state index is 0.0681. The van der Waals surface area contributed by atoms with Gasteiger partial charge in [-0.3, -0.25) is 29.0 Å². The molecule has 42 heavy (non-hydrogen) atoms. The number of aryl methyl sites for hydroxylation is 1. The number of rotatable bonds is 6. The Balaban J connectivity index is 1.38. The van der Waals surface area contributed by atoms with Crippen LogP contribution in [0.1, 0.15) is 11.1 Å². The molecule has 0 unspecified atom stereocenters. The maximum Gasteiger partial charge on any atom is 0.270 e. The summed E-state index contributed by atoms with van der Waals surface area (Å²) < 4.78 is 7.22. The van der Waals surface area contributed by atoms with Crippen LogP contribution in [0.15, 0.2) is 124 Å². The number of amides is 2. The topological polar surface area (TPSA) is 93.0 Å². The molecule has 0 atom stereocenters. The number of hydrogen-bond acceptors (Lipinski definition) is 7. The Morgan fingerprint density at radius 1 is 0.857 bits per heavy atom. The molecule has 0 aliphatic carbocycles. The molecule has 8 nitrogen and oxygen atoms in total. The largest absolute Gasteiger partial charge is 0.457 e. The number of hydrogen-bond donors (Lipinski definition) is 1. The molecule has 2 amide bonds. The summed E-state index contributed by atoms with van der Waals surface area (Å²) in [5.41, 5.74) is 1.42. The van der Waals surface area contributed by atoms with E-state index in [9.17, 15) is 14.4 Å². The molecular formula is C32H22N4O4S2. The van der Waals surface area contributed by atoms with Crippen molar-refractivity contribution in [3.63, 3.8) is 0 Å². The summed E-state index contributed by atoms with van der Waals surface area (Å²) in [6.07, 6.45) is 2.89. The van der Waals surface area contributed by atoms with Gasteiger partial charge in [-0.05, 0) is 85.9 Å². The molecule has 0 radical (unpaired) electrons. The molecule has 10 heteroatoms. The van der Waals surface area contributed by atoms with Crippen molar-refractivity contribution in [2.24, 2.45) is 0 Å². The third-order valence-electron chi connectivity index (χ3n) is 6.43. The maximum atomic E-state index is 13.8. The molecule has 1 N–H and O–H groups in total. The van der Waals surface area contributed by atoms with Crippen molar-refractivity contribution in [2.75, 3.05) is 4.90 Å². The highest BCUT2D eigenvalue weighted by Gasteiger charge is 2.35. The Morgan fingerprint density at radius 2 is 1.55 bits per heavy atom. The van der Waals surface area contributed by atoms with Gasteiger partial charge in [-0.25, -0.2) is 4.98 Å². The number of nitrogens with zero attached hydrogens (tertiary/aromatic N) is 3. The van der Waals surface area contributed by atoms with Crippen LogP contribution < -0.4 is 20.5 Å². The number of fused-ring (bicyclic) bond motifs is 1. The Labute approximate surface area is 250 Å². The summed E-state index contributed by atoms with van der Waals surface area (Å²) in [4.78, 5) is 47.2. The zero-order valence-electron chi connectivity index (χ0n) is 22.2. The molecule has 0 saturated carbocycles. The van der Waals surface area contributed by atoms with E-state index in [-0.39, 0.29) is 16.2 Å². The van der Waals surface area contributed by atoms with Crippen molar-refractivity contribution >= 4 is 58.3 Å². The Bertz CT molecular complexity index is 1940. The molecule has 0 spiro atoms. The molecular weight excluding hydrogens is 569 g/mol. The molecule has 1 aliphatic heterocycles. The van der Waals surface area contributed by atoms with E-state index in [1.165, 1.54) is 27.1 Å². The predicted octanol–water partition coefficient (Wildman–Crippen LogP) is 5.78. The van der Waals surface area contributed by atoms with Gasteiger partial charge in [0.1, 0.15) is 27.7 Å². The molecule has 1 aliphatic rings. The highest BCUT2D eigenvalue weighted by atomic mass is 32.2. The van der Waals surface area contributed by atoms with E-state index in [1.807, 2.05) is 61.5 Å². The van der Waals surface area contributed by atoms with Gasteiger partial charge in [0, 0.05) is 11.1 Å². The smallest absolute Gasteiger partial charge is 0.270 e. The first-order chi connectivity index (χ1) is 20.4. The first-order valence-electron chi connectivity index (χ1n) is 12.9. The van der Waals surface area contributed by atoms with E-state index < -0.39 is 17.4 Å². The van der Waals surface area contributed by atoms with Gasteiger partial charge in [0.05, 0.1) is 11.3 Å². The van der Waals surface area contributed by atoms with Gasteiger partial charge < -0.3 is 4.74 Å². The van der Waals surface area contributed by atoms with Crippen LogP contribution in [-0.4, -0.2) is 26.3 Å². The highest BCUT2D eigenvalue weighted by Crippen LogP contribution is 2.31. The molecule has 6 rings (SSSR count). The molecule has 0 bridgehead atoms. The third-order valence-corrected chi connectivity index (χ3v) is 7.73. The van der Waals surface area contributed by atoms with Crippen molar-refractivity contribution in [3.8, 4) is 11.5 Å². The van der Waals surface area contributed by atoms with E-state index in [0.717, 1.165) is 10.5 Å². The standard InChI is InChI=1S/C32H22N4O4S2/c1-20-10-16-24(17-11-20)42-29-26(30(38)35-18-6-5-9-27(35)33-29)19-25-28(37)34-32(41)36(31(25)39)21-12-14-23(15-13-21)40-22-7-3-2-4-8-22/h2-19H,1H3,(H,34,37,41). The third kappa shape index (κ3) is 5.45. The number of benzene rings is 3. The van der Waals surface area contributed by atoms with E-state index in [4.69, 9.17) is 21.9 Å². The molecule has 2 aromatic heterocycles. The van der Waals surface area contributed by atoms with Crippen molar-refractivity contribution in [3.05, 3.63) is 130 Å². The maximum absolute atomic E-state index is 13.8. The minimum Gasteiger partial charge on any atom is -0.457 e. The summed E-state index contributed by atoms with van der Waals surface area (Å²) in [5, 5.41) is 2.88. The minimum atomic E-state index is -0.700. The van der Waals surface area contributed by atoms with Gasteiger partial charge in [0.15, 0.2) is 5.11 Å². The second kappa shape index (κ2) is 11.4. The van der Waals surface area contributed by atoms with Gasteiger partial charge in [-0.15, -0.1) is 0 Å². The van der Waals surface area contributed by atoms with E-state index in [0.29, 0.717) is 27.9 Å². The lowest BCUT2D eigenvalue weighted by molar-refractivity contribution is -0.122. The average molecular weight is 591 g/mol. The Hall–Kier alpha value is -5.06. The average Bonchev–Trinajstić information content (AvgIpc) is 2.99. The first-order valence-corrected chi connectivity index (χ1v) is 14.1. The molecule has 206 valence electrons. The van der Waals surface area contributed by atoms with Crippen molar-refractivity contribution in [2.45, 2.75) is 16.8 Å². The number of carbonyl (C=O) groups excluding carboxylic acids is 2. The summed E-state index contributed by atoms with van der Waals surface area (Å²) >= 11 is 6.64. The molecule has 5 aromatic rings.